The summed E-state index contributed by atoms with van der Waals surface area (Å²) in [7, 11) is 0. The van der Waals surface area contributed by atoms with Gasteiger partial charge >= 0.3 is 0 Å². The normalized spacial score (nSPS) is 12.8. The highest BCUT2D eigenvalue weighted by Gasteiger charge is 2.08. The second-order valence-electron chi connectivity index (χ2n) is 3.05. The summed E-state index contributed by atoms with van der Waals surface area (Å²) in [5.41, 5.74) is 1.13. The second kappa shape index (κ2) is 4.91. The molecule has 0 aliphatic carbocycles. The van der Waals surface area contributed by atoms with Crippen molar-refractivity contribution >= 4 is 0 Å². The highest BCUT2D eigenvalue weighted by molar-refractivity contribution is 5.19. The molecule has 1 atom stereocenters. The fraction of sp³-hybridized carbons (Fsp3) is 0.455. The third-order valence-electron chi connectivity index (χ3n) is 2.09. The molecule has 0 amide bonds. The van der Waals surface area contributed by atoms with Crippen LogP contribution in [0, 0.1) is 0 Å². The van der Waals surface area contributed by atoms with Gasteiger partial charge in [-0.2, -0.15) is 0 Å². The van der Waals surface area contributed by atoms with Crippen LogP contribution < -0.4 is 0 Å². The quantitative estimate of drug-likeness (QED) is 0.641. The van der Waals surface area contributed by atoms with Crippen molar-refractivity contribution in [1.29, 1.82) is 0 Å². The summed E-state index contributed by atoms with van der Waals surface area (Å²) in [4.78, 5) is 0. The van der Waals surface area contributed by atoms with E-state index in [2.05, 4.69) is 6.92 Å². The van der Waals surface area contributed by atoms with E-state index in [1.54, 1.807) is 0 Å². The van der Waals surface area contributed by atoms with Crippen LogP contribution in [0.1, 0.15) is 31.2 Å². The number of rotatable bonds is 4. The minimum Gasteiger partial charge on any atom is -0.250 e. The van der Waals surface area contributed by atoms with Crippen molar-refractivity contribution in [2.75, 3.05) is 6.67 Å². The standard InChI is InChI=1S/C11H15F/c1-2-6-11(9-12)10-7-4-3-5-8-10/h3-5,7-8,11H,2,6,9H2,1H3. The van der Waals surface area contributed by atoms with Crippen LogP contribution in [-0.2, 0) is 0 Å². The number of alkyl halides is 1. The molecule has 1 unspecified atom stereocenters. The Bertz CT molecular complexity index is 206. The lowest BCUT2D eigenvalue weighted by molar-refractivity contribution is 0.413. The zero-order valence-electron chi connectivity index (χ0n) is 7.46. The summed E-state index contributed by atoms with van der Waals surface area (Å²) in [6.07, 6.45) is 1.99. The lowest BCUT2D eigenvalue weighted by Crippen LogP contribution is -1.99. The van der Waals surface area contributed by atoms with E-state index in [1.165, 1.54) is 0 Å². The van der Waals surface area contributed by atoms with Crippen LogP contribution in [0.5, 0.6) is 0 Å². The monoisotopic (exact) mass is 166 g/mol. The topological polar surface area (TPSA) is 0 Å². The van der Waals surface area contributed by atoms with Crippen molar-refractivity contribution in [3.8, 4) is 0 Å². The van der Waals surface area contributed by atoms with Crippen LogP contribution in [0.25, 0.3) is 0 Å². The molecule has 0 nitrogen and oxygen atoms in total. The maximum Gasteiger partial charge on any atom is 0.0962 e. The third-order valence-corrected chi connectivity index (χ3v) is 2.09. The molecule has 0 bridgehead atoms. The van der Waals surface area contributed by atoms with E-state index in [0.29, 0.717) is 0 Å². The van der Waals surface area contributed by atoms with Gasteiger partial charge in [-0.1, -0.05) is 43.7 Å². The molecule has 0 N–H and O–H groups in total. The Kier molecular flexibility index (Phi) is 3.78. The molecule has 0 spiro atoms. The lowest BCUT2D eigenvalue weighted by atomic mass is 9.96. The van der Waals surface area contributed by atoms with Crippen LogP contribution >= 0.6 is 0 Å². The summed E-state index contributed by atoms with van der Waals surface area (Å²) in [5.74, 6) is 0.108. The predicted molar refractivity (Wildman–Crippen MR) is 50.1 cm³/mol. The highest BCUT2D eigenvalue weighted by Crippen LogP contribution is 2.20. The molecule has 1 aromatic carbocycles. The Morgan fingerprint density at radius 2 is 1.92 bits per heavy atom. The Balaban J connectivity index is 2.66. The number of halogens is 1. The van der Waals surface area contributed by atoms with Crippen molar-refractivity contribution in [1.82, 2.24) is 0 Å². The van der Waals surface area contributed by atoms with Crippen LogP contribution in [0.4, 0.5) is 4.39 Å². The molecule has 0 aliphatic heterocycles. The first kappa shape index (κ1) is 9.24. The SMILES string of the molecule is CCCC(CF)c1ccccc1. The van der Waals surface area contributed by atoms with Crippen molar-refractivity contribution in [3.63, 3.8) is 0 Å². The maximum atomic E-state index is 12.5. The molecule has 1 heteroatoms. The van der Waals surface area contributed by atoms with Crippen molar-refractivity contribution in [2.45, 2.75) is 25.7 Å². The van der Waals surface area contributed by atoms with Gasteiger partial charge in [0.1, 0.15) is 0 Å². The van der Waals surface area contributed by atoms with E-state index in [-0.39, 0.29) is 12.6 Å². The molecule has 0 saturated heterocycles. The fourth-order valence-electron chi connectivity index (χ4n) is 1.41. The molecule has 0 saturated carbocycles. The van der Waals surface area contributed by atoms with Crippen molar-refractivity contribution in [2.24, 2.45) is 0 Å². The molecule has 0 aromatic heterocycles. The van der Waals surface area contributed by atoms with Crippen LogP contribution in [-0.4, -0.2) is 6.67 Å². The van der Waals surface area contributed by atoms with Gasteiger partial charge in [0.15, 0.2) is 0 Å². The first-order valence-electron chi connectivity index (χ1n) is 4.49. The Labute approximate surface area is 73.4 Å². The van der Waals surface area contributed by atoms with Gasteiger partial charge in [0.25, 0.3) is 0 Å². The fourth-order valence-corrected chi connectivity index (χ4v) is 1.41. The summed E-state index contributed by atoms with van der Waals surface area (Å²) in [6, 6.07) is 9.89. The molecule has 0 radical (unpaired) electrons. The lowest BCUT2D eigenvalue weighted by Gasteiger charge is -2.11. The molecule has 1 rings (SSSR count). The van der Waals surface area contributed by atoms with Crippen LogP contribution in [0.3, 0.4) is 0 Å². The zero-order chi connectivity index (χ0) is 8.81. The molecule has 0 fully saturated rings. The van der Waals surface area contributed by atoms with Gasteiger partial charge in [0, 0.05) is 5.92 Å². The van der Waals surface area contributed by atoms with E-state index in [1.807, 2.05) is 30.3 Å². The first-order valence-corrected chi connectivity index (χ1v) is 4.49. The minimum atomic E-state index is -0.238. The Hall–Kier alpha value is -0.850. The van der Waals surface area contributed by atoms with Gasteiger partial charge < -0.3 is 0 Å². The van der Waals surface area contributed by atoms with E-state index in [4.69, 9.17) is 0 Å². The van der Waals surface area contributed by atoms with Gasteiger partial charge in [-0.3, -0.25) is 4.39 Å². The highest BCUT2D eigenvalue weighted by atomic mass is 19.1. The summed E-state index contributed by atoms with van der Waals surface area (Å²) in [6.45, 7) is 1.85. The van der Waals surface area contributed by atoms with E-state index < -0.39 is 0 Å². The average Bonchev–Trinajstić information content (AvgIpc) is 2.15. The first-order chi connectivity index (χ1) is 5.88. The van der Waals surface area contributed by atoms with Crippen LogP contribution in [0.2, 0.25) is 0 Å². The smallest absolute Gasteiger partial charge is 0.0962 e. The predicted octanol–water partition coefficient (Wildman–Crippen LogP) is 3.54. The van der Waals surface area contributed by atoms with Crippen molar-refractivity contribution in [3.05, 3.63) is 35.9 Å². The van der Waals surface area contributed by atoms with E-state index in [9.17, 15) is 4.39 Å². The van der Waals surface area contributed by atoms with E-state index >= 15 is 0 Å². The molecule has 66 valence electrons. The molecule has 0 heterocycles. The molecular formula is C11H15F. The van der Waals surface area contributed by atoms with Crippen LogP contribution in [0.15, 0.2) is 30.3 Å². The molecule has 0 aliphatic rings. The summed E-state index contributed by atoms with van der Waals surface area (Å²) >= 11 is 0. The minimum absolute atomic E-state index is 0.108. The number of hydrogen-bond acceptors (Lipinski definition) is 0. The number of hydrogen-bond donors (Lipinski definition) is 0. The van der Waals surface area contributed by atoms with Gasteiger partial charge in [0.05, 0.1) is 6.67 Å². The third kappa shape index (κ3) is 2.33. The number of benzene rings is 1. The average molecular weight is 166 g/mol. The van der Waals surface area contributed by atoms with Gasteiger partial charge in [0.2, 0.25) is 0 Å². The second-order valence-corrected chi connectivity index (χ2v) is 3.05. The van der Waals surface area contributed by atoms with Gasteiger partial charge in [-0.25, -0.2) is 0 Å². The van der Waals surface area contributed by atoms with Gasteiger partial charge in [-0.05, 0) is 12.0 Å². The van der Waals surface area contributed by atoms with Crippen molar-refractivity contribution < 1.29 is 4.39 Å². The van der Waals surface area contributed by atoms with Gasteiger partial charge in [-0.15, -0.1) is 0 Å². The van der Waals surface area contributed by atoms with E-state index in [0.717, 1.165) is 18.4 Å². The Morgan fingerprint density at radius 1 is 1.25 bits per heavy atom. The molecular weight excluding hydrogens is 151 g/mol. The summed E-state index contributed by atoms with van der Waals surface area (Å²) in [5, 5.41) is 0. The Morgan fingerprint density at radius 3 is 2.42 bits per heavy atom. The molecule has 12 heavy (non-hydrogen) atoms. The summed E-state index contributed by atoms with van der Waals surface area (Å²) < 4.78 is 12.5. The zero-order valence-corrected chi connectivity index (χ0v) is 7.46. The molecule has 1 aromatic rings. The maximum absolute atomic E-state index is 12.5. The largest absolute Gasteiger partial charge is 0.250 e.